The van der Waals surface area contributed by atoms with Crippen molar-refractivity contribution >= 4 is 10.9 Å². The molecule has 0 saturated carbocycles. The Bertz CT molecular complexity index is 938. The lowest BCUT2D eigenvalue weighted by atomic mass is 10.1. The summed E-state index contributed by atoms with van der Waals surface area (Å²) < 4.78 is 45.6. The van der Waals surface area contributed by atoms with Crippen LogP contribution in [0.5, 0.6) is 5.75 Å². The van der Waals surface area contributed by atoms with Gasteiger partial charge in [0.05, 0.1) is 11.2 Å². The number of ether oxygens (including phenoxy) is 1. The van der Waals surface area contributed by atoms with E-state index in [1.54, 1.807) is 18.2 Å². The van der Waals surface area contributed by atoms with Crippen molar-refractivity contribution in [1.29, 1.82) is 0 Å². The van der Waals surface area contributed by atoms with Crippen LogP contribution in [0.3, 0.4) is 0 Å². The molecular weight excluding hydrogens is 369 g/mol. The lowest BCUT2D eigenvalue weighted by Gasteiger charge is -2.31. The molecule has 0 spiro atoms. The van der Waals surface area contributed by atoms with Crippen molar-refractivity contribution in [3.8, 4) is 5.75 Å². The first kappa shape index (κ1) is 18.9. The van der Waals surface area contributed by atoms with Gasteiger partial charge in [-0.2, -0.15) is 18.3 Å². The van der Waals surface area contributed by atoms with Gasteiger partial charge in [-0.3, -0.25) is 10.00 Å². The second kappa shape index (κ2) is 7.50. The van der Waals surface area contributed by atoms with Gasteiger partial charge in [0.25, 0.3) is 0 Å². The molecule has 0 unspecified atom stereocenters. The zero-order valence-corrected chi connectivity index (χ0v) is 15.7. The number of piperidine rings is 1. The summed E-state index contributed by atoms with van der Waals surface area (Å²) in [5.74, 6) is 0.653. The Balaban J connectivity index is 1.39. The zero-order chi connectivity index (χ0) is 19.7. The zero-order valence-electron chi connectivity index (χ0n) is 15.7. The SMILES string of the molecule is Cc1cc(CN2CCC(Oc3cccc4c3ccn4CC(F)(F)F)CC2)n[nH]1. The van der Waals surface area contributed by atoms with Crippen LogP contribution < -0.4 is 4.74 Å². The van der Waals surface area contributed by atoms with Crippen molar-refractivity contribution in [3.63, 3.8) is 0 Å². The first-order valence-corrected chi connectivity index (χ1v) is 9.42. The molecule has 1 N–H and O–H groups in total. The maximum absolute atomic E-state index is 12.8. The van der Waals surface area contributed by atoms with E-state index in [9.17, 15) is 13.2 Å². The van der Waals surface area contributed by atoms with Gasteiger partial charge in [0.1, 0.15) is 18.4 Å². The van der Waals surface area contributed by atoms with Crippen LogP contribution in [0, 0.1) is 6.92 Å². The number of nitrogens with zero attached hydrogens (tertiary/aromatic N) is 3. The van der Waals surface area contributed by atoms with Crippen molar-refractivity contribution in [3.05, 3.63) is 47.9 Å². The largest absolute Gasteiger partial charge is 0.490 e. The van der Waals surface area contributed by atoms with Crippen molar-refractivity contribution in [2.75, 3.05) is 13.1 Å². The standard InChI is InChI=1S/C20H23F3N4O/c1-14-11-15(25-24-14)12-26-8-5-16(6-9-26)28-19-4-2-3-18-17(19)7-10-27(18)13-20(21,22)23/h2-4,7,10-11,16H,5-6,8-9,12-13H2,1H3,(H,24,25). The number of aryl methyl sites for hydroxylation is 1. The molecule has 0 radical (unpaired) electrons. The molecule has 1 aliphatic heterocycles. The lowest BCUT2D eigenvalue weighted by molar-refractivity contribution is -0.139. The van der Waals surface area contributed by atoms with Gasteiger partial charge in [0, 0.05) is 36.9 Å². The van der Waals surface area contributed by atoms with Gasteiger partial charge in [-0.15, -0.1) is 0 Å². The minimum absolute atomic E-state index is 0.0636. The Morgan fingerprint density at radius 2 is 2.00 bits per heavy atom. The van der Waals surface area contributed by atoms with Crippen LogP contribution in [0.4, 0.5) is 13.2 Å². The fourth-order valence-electron chi connectivity index (χ4n) is 3.78. The van der Waals surface area contributed by atoms with Crippen molar-refractivity contribution < 1.29 is 17.9 Å². The third kappa shape index (κ3) is 4.32. The molecule has 150 valence electrons. The Labute approximate surface area is 161 Å². The monoisotopic (exact) mass is 392 g/mol. The molecule has 0 atom stereocenters. The predicted molar refractivity (Wildman–Crippen MR) is 100 cm³/mol. The number of hydrogen-bond acceptors (Lipinski definition) is 3. The number of benzene rings is 1. The third-order valence-corrected chi connectivity index (χ3v) is 5.10. The molecule has 1 aromatic carbocycles. The number of H-pyrrole nitrogens is 1. The Morgan fingerprint density at radius 1 is 1.21 bits per heavy atom. The van der Waals surface area contributed by atoms with Gasteiger partial charge < -0.3 is 9.30 Å². The lowest BCUT2D eigenvalue weighted by Crippen LogP contribution is -2.37. The van der Waals surface area contributed by atoms with Crippen LogP contribution in [0.1, 0.15) is 24.2 Å². The fourth-order valence-corrected chi connectivity index (χ4v) is 3.78. The minimum Gasteiger partial charge on any atom is -0.490 e. The highest BCUT2D eigenvalue weighted by Crippen LogP contribution is 2.31. The fraction of sp³-hybridized carbons (Fsp3) is 0.450. The molecule has 4 rings (SSSR count). The molecule has 1 saturated heterocycles. The van der Waals surface area contributed by atoms with Gasteiger partial charge in [-0.1, -0.05) is 6.07 Å². The Kier molecular flexibility index (Phi) is 5.05. The molecule has 2 aromatic heterocycles. The van der Waals surface area contributed by atoms with Crippen LogP contribution >= 0.6 is 0 Å². The van der Waals surface area contributed by atoms with Crippen LogP contribution in [0.25, 0.3) is 10.9 Å². The highest BCUT2D eigenvalue weighted by molar-refractivity contribution is 5.86. The van der Waals surface area contributed by atoms with E-state index in [0.29, 0.717) is 11.3 Å². The summed E-state index contributed by atoms with van der Waals surface area (Å²) in [4.78, 5) is 2.34. The molecule has 28 heavy (non-hydrogen) atoms. The predicted octanol–water partition coefficient (Wildman–Crippen LogP) is 4.28. The third-order valence-electron chi connectivity index (χ3n) is 5.10. The maximum Gasteiger partial charge on any atom is 0.406 e. The normalized spacial score (nSPS) is 16.7. The number of likely N-dealkylation sites (tertiary alicyclic amines) is 1. The number of rotatable bonds is 5. The summed E-state index contributed by atoms with van der Waals surface area (Å²) >= 11 is 0. The molecule has 0 amide bonds. The summed E-state index contributed by atoms with van der Waals surface area (Å²) in [7, 11) is 0. The maximum atomic E-state index is 12.8. The van der Waals surface area contributed by atoms with Gasteiger partial charge in [-0.05, 0) is 44.0 Å². The van der Waals surface area contributed by atoms with E-state index < -0.39 is 12.7 Å². The van der Waals surface area contributed by atoms with Gasteiger partial charge >= 0.3 is 6.18 Å². The molecule has 3 heterocycles. The molecule has 0 bridgehead atoms. The summed E-state index contributed by atoms with van der Waals surface area (Å²) in [5, 5.41) is 7.96. The number of halogens is 3. The molecule has 1 aliphatic rings. The van der Waals surface area contributed by atoms with Crippen molar-refractivity contribution in [1.82, 2.24) is 19.7 Å². The Morgan fingerprint density at radius 3 is 2.68 bits per heavy atom. The van der Waals surface area contributed by atoms with E-state index in [1.165, 1.54) is 10.8 Å². The van der Waals surface area contributed by atoms with Crippen LogP contribution in [-0.4, -0.2) is 45.0 Å². The first-order chi connectivity index (χ1) is 13.4. The van der Waals surface area contributed by atoms with Gasteiger partial charge in [-0.25, -0.2) is 0 Å². The topological polar surface area (TPSA) is 46.1 Å². The quantitative estimate of drug-likeness (QED) is 0.705. The molecule has 5 nitrogen and oxygen atoms in total. The molecular formula is C20H23F3N4O. The minimum atomic E-state index is -4.25. The van der Waals surface area contributed by atoms with Gasteiger partial charge in [0.15, 0.2) is 0 Å². The first-order valence-electron chi connectivity index (χ1n) is 9.42. The van der Waals surface area contributed by atoms with E-state index in [-0.39, 0.29) is 6.10 Å². The van der Waals surface area contributed by atoms with Crippen LogP contribution in [0.2, 0.25) is 0 Å². The van der Waals surface area contributed by atoms with Gasteiger partial charge in [0.2, 0.25) is 0 Å². The number of aromatic nitrogens is 3. The molecule has 0 aliphatic carbocycles. The Hall–Kier alpha value is -2.48. The van der Waals surface area contributed by atoms with Crippen molar-refractivity contribution in [2.45, 2.75) is 45.1 Å². The second-order valence-electron chi connectivity index (χ2n) is 7.38. The number of nitrogens with one attached hydrogen (secondary N) is 1. The van der Waals surface area contributed by atoms with Crippen LogP contribution in [0.15, 0.2) is 36.5 Å². The number of alkyl halides is 3. The number of fused-ring (bicyclic) bond motifs is 1. The second-order valence-corrected chi connectivity index (χ2v) is 7.38. The van der Waals surface area contributed by atoms with Crippen LogP contribution in [-0.2, 0) is 13.1 Å². The average Bonchev–Trinajstić information content (AvgIpc) is 3.22. The molecule has 3 aromatic rings. The van der Waals surface area contributed by atoms with E-state index in [0.717, 1.165) is 49.2 Å². The van der Waals surface area contributed by atoms with E-state index in [1.807, 2.05) is 13.0 Å². The highest BCUT2D eigenvalue weighted by atomic mass is 19.4. The number of hydrogen-bond donors (Lipinski definition) is 1. The van der Waals surface area contributed by atoms with Crippen molar-refractivity contribution in [2.24, 2.45) is 0 Å². The smallest absolute Gasteiger partial charge is 0.406 e. The summed E-state index contributed by atoms with van der Waals surface area (Å²) in [6, 6.07) is 9.03. The molecule has 1 fully saturated rings. The van der Waals surface area contributed by atoms with E-state index in [4.69, 9.17) is 4.74 Å². The number of aromatic amines is 1. The van der Waals surface area contributed by atoms with E-state index in [2.05, 4.69) is 21.2 Å². The average molecular weight is 392 g/mol. The summed E-state index contributed by atoms with van der Waals surface area (Å²) in [6.07, 6.45) is -0.956. The summed E-state index contributed by atoms with van der Waals surface area (Å²) in [6.45, 7) is 3.61. The van der Waals surface area contributed by atoms with E-state index >= 15 is 0 Å². The summed E-state index contributed by atoms with van der Waals surface area (Å²) in [5.41, 5.74) is 2.63. The molecule has 8 heteroatoms. The highest BCUT2D eigenvalue weighted by Gasteiger charge is 2.28.